The van der Waals surface area contributed by atoms with Crippen molar-refractivity contribution in [3.8, 4) is 5.88 Å². The number of aliphatic carboxylic acids is 2. The van der Waals surface area contributed by atoms with Crippen LogP contribution < -0.4 is 10.1 Å². The highest BCUT2D eigenvalue weighted by Crippen LogP contribution is 2.34. The second-order valence-electron chi connectivity index (χ2n) is 13.3. The Bertz CT molecular complexity index is 1530. The minimum absolute atomic E-state index is 0.0244. The van der Waals surface area contributed by atoms with E-state index in [1.54, 1.807) is 0 Å². The minimum Gasteiger partial charge on any atom is -0.481 e. The van der Waals surface area contributed by atoms with Gasteiger partial charge in [-0.1, -0.05) is 48.8 Å². The standard InChI is InChI=1S/C31H41BrN4O3.C2HF3O2/c1-30(2,3)23-14-21(15-24(32)18-23)22(17-28(37)38)16-26-19-27(36(35-26)31(4,5)6)39-13-11-25-10-9-20-8-7-12-33-29(20)34-25;3-2(4,5)1(6)7/h9-10,14-15,18-19,22H,7-8,11-13,16-17H2,1-6H3,(H,33,34)(H,37,38);(H,6,7). The summed E-state index contributed by atoms with van der Waals surface area (Å²) in [5.74, 6) is -2.12. The number of carboxylic acid groups (broad SMARTS) is 2. The second-order valence-corrected chi connectivity index (χ2v) is 14.2. The van der Waals surface area contributed by atoms with Crippen LogP contribution in [0, 0.1) is 0 Å². The molecule has 0 aliphatic carbocycles. The van der Waals surface area contributed by atoms with Gasteiger partial charge in [-0.05, 0) is 86.3 Å². The zero-order chi connectivity index (χ0) is 34.4. The van der Waals surface area contributed by atoms with Crippen molar-refractivity contribution in [1.29, 1.82) is 0 Å². The maximum Gasteiger partial charge on any atom is 0.490 e. The molecule has 0 saturated carbocycles. The van der Waals surface area contributed by atoms with E-state index in [1.165, 1.54) is 5.56 Å². The van der Waals surface area contributed by atoms with Gasteiger partial charge in [0, 0.05) is 29.2 Å². The largest absolute Gasteiger partial charge is 0.490 e. The predicted octanol–water partition coefficient (Wildman–Crippen LogP) is 7.51. The smallest absolute Gasteiger partial charge is 0.481 e. The first-order chi connectivity index (χ1) is 21.2. The summed E-state index contributed by atoms with van der Waals surface area (Å²) < 4.78 is 40.9. The Morgan fingerprint density at radius 3 is 2.30 bits per heavy atom. The van der Waals surface area contributed by atoms with E-state index >= 15 is 0 Å². The lowest BCUT2D eigenvalue weighted by Crippen LogP contribution is -2.25. The van der Waals surface area contributed by atoms with Crippen molar-refractivity contribution in [2.45, 2.75) is 96.7 Å². The summed E-state index contributed by atoms with van der Waals surface area (Å²) in [6.45, 7) is 14.2. The summed E-state index contributed by atoms with van der Waals surface area (Å²) in [6.07, 6.45) is -1.65. The molecule has 9 nitrogen and oxygen atoms in total. The topological polar surface area (TPSA) is 127 Å². The number of anilines is 1. The number of hydrogen-bond donors (Lipinski definition) is 3. The van der Waals surface area contributed by atoms with E-state index in [0.29, 0.717) is 25.3 Å². The highest BCUT2D eigenvalue weighted by molar-refractivity contribution is 9.10. The Labute approximate surface area is 275 Å². The van der Waals surface area contributed by atoms with Gasteiger partial charge in [0.1, 0.15) is 5.82 Å². The Kier molecular flexibility index (Phi) is 11.9. The number of pyridine rings is 1. The molecule has 1 atom stereocenters. The highest BCUT2D eigenvalue weighted by Gasteiger charge is 2.38. The summed E-state index contributed by atoms with van der Waals surface area (Å²) in [6, 6.07) is 12.5. The molecule has 0 saturated heterocycles. The fraction of sp³-hybridized carbons (Fsp3) is 0.515. The molecule has 2 aromatic heterocycles. The molecule has 0 radical (unpaired) electrons. The van der Waals surface area contributed by atoms with Crippen LogP contribution >= 0.6 is 15.9 Å². The van der Waals surface area contributed by atoms with Gasteiger partial charge in [0.05, 0.1) is 24.3 Å². The van der Waals surface area contributed by atoms with Gasteiger partial charge < -0.3 is 20.3 Å². The normalized spacial score (nSPS) is 14.0. The Morgan fingerprint density at radius 1 is 1.04 bits per heavy atom. The lowest BCUT2D eigenvalue weighted by Gasteiger charge is -2.23. The van der Waals surface area contributed by atoms with Crippen LogP contribution in [0.1, 0.15) is 88.4 Å². The third kappa shape index (κ3) is 10.7. The SMILES string of the molecule is CC(C)(C)c1cc(Br)cc(C(CC(=O)O)Cc2cc(OCCc3ccc4c(n3)NCCC4)n(C(C)(C)C)n2)c1.O=C(O)C(F)(F)F. The number of aromatic nitrogens is 3. The van der Waals surface area contributed by atoms with Crippen molar-refractivity contribution in [3.63, 3.8) is 0 Å². The number of benzene rings is 1. The van der Waals surface area contributed by atoms with Crippen LogP contribution in [0.2, 0.25) is 0 Å². The fourth-order valence-electron chi connectivity index (χ4n) is 4.91. The molecular formula is C33H42BrF3N4O5. The molecule has 3 N–H and O–H groups in total. The van der Waals surface area contributed by atoms with Crippen molar-refractivity contribution >= 4 is 33.7 Å². The summed E-state index contributed by atoms with van der Waals surface area (Å²) in [7, 11) is 0. The number of rotatable bonds is 9. The average Bonchev–Trinajstić information content (AvgIpc) is 3.34. The number of nitrogens with one attached hydrogen (secondary N) is 1. The first kappa shape index (κ1) is 36.9. The number of hydrogen-bond acceptors (Lipinski definition) is 6. The molecule has 1 aliphatic heterocycles. The number of fused-ring (bicyclic) bond motifs is 1. The molecule has 1 aliphatic rings. The van der Waals surface area contributed by atoms with Crippen LogP contribution in [0.25, 0.3) is 0 Å². The molecule has 0 amide bonds. The van der Waals surface area contributed by atoms with E-state index in [0.717, 1.165) is 52.2 Å². The van der Waals surface area contributed by atoms with Crippen molar-refractivity contribution in [2.24, 2.45) is 0 Å². The third-order valence-electron chi connectivity index (χ3n) is 7.30. The first-order valence-electron chi connectivity index (χ1n) is 15.0. The molecule has 4 rings (SSSR count). The molecule has 0 fully saturated rings. The van der Waals surface area contributed by atoms with Crippen LogP contribution in [0.15, 0.2) is 40.9 Å². The summed E-state index contributed by atoms with van der Waals surface area (Å²) in [4.78, 5) is 25.5. The number of halogens is 4. The van der Waals surface area contributed by atoms with Gasteiger partial charge >= 0.3 is 18.1 Å². The van der Waals surface area contributed by atoms with E-state index in [9.17, 15) is 23.1 Å². The van der Waals surface area contributed by atoms with Crippen molar-refractivity contribution in [2.75, 3.05) is 18.5 Å². The van der Waals surface area contributed by atoms with Crippen molar-refractivity contribution < 1.29 is 37.7 Å². The molecule has 46 heavy (non-hydrogen) atoms. The number of alkyl halides is 3. The predicted molar refractivity (Wildman–Crippen MR) is 173 cm³/mol. The lowest BCUT2D eigenvalue weighted by molar-refractivity contribution is -0.192. The van der Waals surface area contributed by atoms with Crippen molar-refractivity contribution in [1.82, 2.24) is 14.8 Å². The molecule has 3 aromatic rings. The molecule has 0 bridgehead atoms. The monoisotopic (exact) mass is 710 g/mol. The zero-order valence-electron chi connectivity index (χ0n) is 27.0. The van der Waals surface area contributed by atoms with Gasteiger partial charge in [-0.15, -0.1) is 0 Å². The van der Waals surface area contributed by atoms with E-state index in [4.69, 9.17) is 24.7 Å². The van der Waals surface area contributed by atoms with Gasteiger partial charge in [0.2, 0.25) is 5.88 Å². The average molecular weight is 712 g/mol. The fourth-order valence-corrected chi connectivity index (χ4v) is 5.42. The van der Waals surface area contributed by atoms with E-state index in [2.05, 4.69) is 87.1 Å². The molecule has 13 heteroatoms. The van der Waals surface area contributed by atoms with Crippen LogP contribution in [0.4, 0.5) is 19.0 Å². The van der Waals surface area contributed by atoms with Crippen LogP contribution in [0.5, 0.6) is 5.88 Å². The van der Waals surface area contributed by atoms with E-state index in [1.807, 2.05) is 16.8 Å². The Morgan fingerprint density at radius 2 is 1.72 bits per heavy atom. The third-order valence-corrected chi connectivity index (χ3v) is 7.76. The number of aryl methyl sites for hydroxylation is 1. The molecule has 0 spiro atoms. The minimum atomic E-state index is -5.08. The molecule has 1 unspecified atom stereocenters. The molecule has 1 aromatic carbocycles. The highest BCUT2D eigenvalue weighted by atomic mass is 79.9. The number of ether oxygens (including phenoxy) is 1. The summed E-state index contributed by atoms with van der Waals surface area (Å²) >= 11 is 3.64. The first-order valence-corrected chi connectivity index (χ1v) is 15.8. The van der Waals surface area contributed by atoms with Gasteiger partial charge in [0.25, 0.3) is 0 Å². The summed E-state index contributed by atoms with van der Waals surface area (Å²) in [5.41, 5.74) is 4.91. The van der Waals surface area contributed by atoms with Crippen LogP contribution in [-0.4, -0.2) is 56.2 Å². The van der Waals surface area contributed by atoms with Gasteiger partial charge in [-0.3, -0.25) is 4.79 Å². The van der Waals surface area contributed by atoms with E-state index in [-0.39, 0.29) is 23.3 Å². The van der Waals surface area contributed by atoms with Crippen LogP contribution in [0.3, 0.4) is 0 Å². The van der Waals surface area contributed by atoms with Crippen molar-refractivity contribution in [3.05, 3.63) is 68.9 Å². The Balaban J connectivity index is 0.000000738. The maximum atomic E-state index is 11.9. The number of carbonyl (C=O) groups is 2. The van der Waals surface area contributed by atoms with Gasteiger partial charge in [0.15, 0.2) is 0 Å². The number of carboxylic acids is 2. The molecule has 252 valence electrons. The number of nitrogens with zero attached hydrogens (tertiary/aromatic N) is 3. The van der Waals surface area contributed by atoms with Gasteiger partial charge in [-0.25, -0.2) is 14.5 Å². The molecule has 3 heterocycles. The Hall–Kier alpha value is -3.61. The molecular weight excluding hydrogens is 669 g/mol. The van der Waals surface area contributed by atoms with E-state index < -0.39 is 18.1 Å². The van der Waals surface area contributed by atoms with Crippen LogP contribution in [-0.2, 0) is 39.8 Å². The maximum absolute atomic E-state index is 11.9. The van der Waals surface area contributed by atoms with Gasteiger partial charge in [-0.2, -0.15) is 18.3 Å². The summed E-state index contributed by atoms with van der Waals surface area (Å²) in [5, 5.41) is 25.1. The lowest BCUT2D eigenvalue weighted by atomic mass is 9.83. The quantitative estimate of drug-likeness (QED) is 0.208. The zero-order valence-corrected chi connectivity index (χ0v) is 28.5. The second kappa shape index (κ2) is 14.9.